The molecule has 2 aliphatic heterocycles. The predicted molar refractivity (Wildman–Crippen MR) is 102 cm³/mol. The second-order valence-corrected chi connectivity index (χ2v) is 7.17. The standard InChI is InChI=1S/C20H19ClFN3O2/c1-13-19(27-17-8-6-16(22)7-9-17)12-24(13)20(26)25-18(10-11-23-25)14-2-4-15(21)5-3-14/h2-9,11,13,18-19H,10,12H2,1H3/t13-,18?,19-/m0/s1. The Morgan fingerprint density at radius 3 is 2.56 bits per heavy atom. The number of hydrogen-bond donors (Lipinski definition) is 0. The summed E-state index contributed by atoms with van der Waals surface area (Å²) >= 11 is 5.95. The van der Waals surface area contributed by atoms with Crippen molar-refractivity contribution >= 4 is 23.8 Å². The fraction of sp³-hybridized carbons (Fsp3) is 0.300. The number of hydrazone groups is 1. The molecule has 2 aromatic rings. The van der Waals surface area contributed by atoms with E-state index in [1.807, 2.05) is 31.2 Å². The monoisotopic (exact) mass is 387 g/mol. The van der Waals surface area contributed by atoms with Crippen LogP contribution >= 0.6 is 11.6 Å². The van der Waals surface area contributed by atoms with Crippen molar-refractivity contribution in [3.05, 3.63) is 64.9 Å². The number of ether oxygens (including phenoxy) is 1. The van der Waals surface area contributed by atoms with E-state index in [0.717, 1.165) is 5.56 Å². The van der Waals surface area contributed by atoms with Gasteiger partial charge in [0, 0.05) is 17.7 Å². The Morgan fingerprint density at radius 1 is 1.19 bits per heavy atom. The molecule has 27 heavy (non-hydrogen) atoms. The van der Waals surface area contributed by atoms with Gasteiger partial charge >= 0.3 is 6.03 Å². The van der Waals surface area contributed by atoms with E-state index in [-0.39, 0.29) is 30.0 Å². The first-order valence-electron chi connectivity index (χ1n) is 8.83. The van der Waals surface area contributed by atoms with Gasteiger partial charge in [0.2, 0.25) is 0 Å². The molecule has 0 saturated carbocycles. The minimum absolute atomic E-state index is 0.0933. The van der Waals surface area contributed by atoms with Crippen LogP contribution in [0.15, 0.2) is 53.6 Å². The summed E-state index contributed by atoms with van der Waals surface area (Å²) in [5.74, 6) is 0.291. The number of halogens is 2. The van der Waals surface area contributed by atoms with Crippen LogP contribution in [0, 0.1) is 5.82 Å². The molecule has 0 spiro atoms. The Hall–Kier alpha value is -2.60. The molecule has 0 aromatic heterocycles. The lowest BCUT2D eigenvalue weighted by Gasteiger charge is -2.46. The molecular formula is C20H19ClFN3O2. The third-order valence-electron chi connectivity index (χ3n) is 5.03. The molecule has 7 heteroatoms. The molecule has 1 saturated heterocycles. The zero-order valence-electron chi connectivity index (χ0n) is 14.8. The molecule has 2 amide bonds. The first-order chi connectivity index (χ1) is 13.0. The number of amides is 2. The topological polar surface area (TPSA) is 45.1 Å². The highest BCUT2D eigenvalue weighted by Gasteiger charge is 2.44. The van der Waals surface area contributed by atoms with Gasteiger partial charge in [-0.1, -0.05) is 23.7 Å². The van der Waals surface area contributed by atoms with E-state index in [2.05, 4.69) is 5.10 Å². The van der Waals surface area contributed by atoms with Gasteiger partial charge in [0.15, 0.2) is 0 Å². The third-order valence-corrected chi connectivity index (χ3v) is 5.29. The quantitative estimate of drug-likeness (QED) is 0.779. The molecule has 5 nitrogen and oxygen atoms in total. The van der Waals surface area contributed by atoms with Crippen molar-refractivity contribution < 1.29 is 13.9 Å². The molecule has 3 atom stereocenters. The van der Waals surface area contributed by atoms with E-state index in [9.17, 15) is 9.18 Å². The first kappa shape index (κ1) is 17.8. The van der Waals surface area contributed by atoms with Crippen molar-refractivity contribution in [3.63, 3.8) is 0 Å². The van der Waals surface area contributed by atoms with Gasteiger partial charge in [-0.3, -0.25) is 0 Å². The SMILES string of the molecule is C[C@H]1[C@@H](Oc2ccc(F)cc2)CN1C(=O)N1N=CCC1c1ccc(Cl)cc1. The molecular weight excluding hydrogens is 369 g/mol. The number of carbonyl (C=O) groups is 1. The van der Waals surface area contributed by atoms with Gasteiger partial charge in [-0.2, -0.15) is 5.10 Å². The Kier molecular flexibility index (Phi) is 4.74. The summed E-state index contributed by atoms with van der Waals surface area (Å²) < 4.78 is 18.9. The van der Waals surface area contributed by atoms with Crippen LogP contribution in [0.2, 0.25) is 5.02 Å². The van der Waals surface area contributed by atoms with Crippen molar-refractivity contribution in [2.24, 2.45) is 5.10 Å². The van der Waals surface area contributed by atoms with Crippen molar-refractivity contribution in [3.8, 4) is 5.75 Å². The first-order valence-corrected chi connectivity index (χ1v) is 9.20. The number of nitrogens with zero attached hydrogens (tertiary/aromatic N) is 3. The molecule has 0 bridgehead atoms. The van der Waals surface area contributed by atoms with Crippen LogP contribution in [0.3, 0.4) is 0 Å². The molecule has 0 aliphatic carbocycles. The van der Waals surface area contributed by atoms with Crippen LogP contribution in [0.25, 0.3) is 0 Å². The lowest BCUT2D eigenvalue weighted by atomic mass is 10.0. The third kappa shape index (κ3) is 3.49. The second kappa shape index (κ2) is 7.19. The fourth-order valence-electron chi connectivity index (χ4n) is 3.34. The van der Waals surface area contributed by atoms with Crippen LogP contribution in [-0.4, -0.2) is 40.8 Å². The predicted octanol–water partition coefficient (Wildman–Crippen LogP) is 4.48. The average molecular weight is 388 g/mol. The minimum atomic E-state index is -0.305. The summed E-state index contributed by atoms with van der Waals surface area (Å²) in [6.45, 7) is 2.41. The van der Waals surface area contributed by atoms with Gasteiger partial charge in [-0.05, 0) is 48.9 Å². The lowest BCUT2D eigenvalue weighted by molar-refractivity contribution is -0.0197. The number of rotatable bonds is 3. The smallest absolute Gasteiger partial charge is 0.341 e. The minimum Gasteiger partial charge on any atom is -0.486 e. The summed E-state index contributed by atoms with van der Waals surface area (Å²) in [4.78, 5) is 14.7. The molecule has 140 valence electrons. The fourth-order valence-corrected chi connectivity index (χ4v) is 3.47. The van der Waals surface area contributed by atoms with Gasteiger partial charge in [-0.25, -0.2) is 14.2 Å². The van der Waals surface area contributed by atoms with Crippen molar-refractivity contribution in [1.29, 1.82) is 0 Å². The zero-order chi connectivity index (χ0) is 19.0. The van der Waals surface area contributed by atoms with Crippen LogP contribution < -0.4 is 4.74 Å². The van der Waals surface area contributed by atoms with Crippen LogP contribution in [0.1, 0.15) is 24.9 Å². The molecule has 2 aromatic carbocycles. The lowest BCUT2D eigenvalue weighted by Crippen LogP contribution is -2.64. The maximum Gasteiger partial charge on any atom is 0.341 e. The molecule has 2 heterocycles. The number of urea groups is 1. The van der Waals surface area contributed by atoms with Gasteiger partial charge < -0.3 is 9.64 Å². The highest BCUT2D eigenvalue weighted by atomic mass is 35.5. The molecule has 0 N–H and O–H groups in total. The molecule has 1 unspecified atom stereocenters. The van der Waals surface area contributed by atoms with Crippen LogP contribution in [-0.2, 0) is 0 Å². The van der Waals surface area contributed by atoms with Gasteiger partial charge in [0.25, 0.3) is 0 Å². The maximum absolute atomic E-state index is 13.0. The van der Waals surface area contributed by atoms with Crippen molar-refractivity contribution in [2.45, 2.75) is 31.5 Å². The molecule has 1 fully saturated rings. The molecule has 2 aliphatic rings. The van der Waals surface area contributed by atoms with Gasteiger partial charge in [-0.15, -0.1) is 0 Å². The normalized spacial score (nSPS) is 24.0. The molecule has 0 radical (unpaired) electrons. The summed E-state index contributed by atoms with van der Waals surface area (Å²) in [6, 6.07) is 13.0. The second-order valence-electron chi connectivity index (χ2n) is 6.73. The highest BCUT2D eigenvalue weighted by molar-refractivity contribution is 6.30. The Balaban J connectivity index is 1.40. The maximum atomic E-state index is 13.0. The van der Waals surface area contributed by atoms with Crippen LogP contribution in [0.4, 0.5) is 9.18 Å². The van der Waals surface area contributed by atoms with Crippen molar-refractivity contribution in [1.82, 2.24) is 9.91 Å². The zero-order valence-corrected chi connectivity index (χ0v) is 15.5. The Morgan fingerprint density at radius 2 is 1.89 bits per heavy atom. The Bertz CT molecular complexity index is 857. The van der Waals surface area contributed by atoms with E-state index in [1.54, 1.807) is 23.2 Å². The average Bonchev–Trinajstić information content (AvgIpc) is 3.16. The van der Waals surface area contributed by atoms with E-state index < -0.39 is 0 Å². The van der Waals surface area contributed by atoms with Crippen molar-refractivity contribution in [2.75, 3.05) is 6.54 Å². The van der Waals surface area contributed by atoms with E-state index in [0.29, 0.717) is 23.7 Å². The van der Waals surface area contributed by atoms with E-state index in [1.165, 1.54) is 17.1 Å². The summed E-state index contributed by atoms with van der Waals surface area (Å²) in [5.41, 5.74) is 0.998. The largest absolute Gasteiger partial charge is 0.486 e. The van der Waals surface area contributed by atoms with E-state index >= 15 is 0 Å². The summed E-state index contributed by atoms with van der Waals surface area (Å²) in [5, 5.41) is 6.46. The number of likely N-dealkylation sites (tertiary alicyclic amines) is 1. The van der Waals surface area contributed by atoms with Gasteiger partial charge in [0.05, 0.1) is 18.6 Å². The number of benzene rings is 2. The molecule has 4 rings (SSSR count). The van der Waals surface area contributed by atoms with Crippen LogP contribution in [0.5, 0.6) is 5.75 Å². The number of carbonyl (C=O) groups excluding carboxylic acids is 1. The summed E-state index contributed by atoms with van der Waals surface area (Å²) in [6.07, 6.45) is 2.30. The van der Waals surface area contributed by atoms with Gasteiger partial charge in [0.1, 0.15) is 17.7 Å². The van der Waals surface area contributed by atoms with E-state index in [4.69, 9.17) is 16.3 Å². The highest BCUT2D eigenvalue weighted by Crippen LogP contribution is 2.33. The summed E-state index contributed by atoms with van der Waals surface area (Å²) in [7, 11) is 0. The number of hydrogen-bond acceptors (Lipinski definition) is 3. The Labute approximate surface area is 162 Å².